The van der Waals surface area contributed by atoms with Crippen molar-refractivity contribution in [3.63, 3.8) is 0 Å². The van der Waals surface area contributed by atoms with E-state index in [1.54, 1.807) is 0 Å². The summed E-state index contributed by atoms with van der Waals surface area (Å²) in [6, 6.07) is 0. The van der Waals surface area contributed by atoms with Crippen LogP contribution >= 0.6 is 0 Å². The predicted molar refractivity (Wildman–Crippen MR) is 20.9 cm³/mol. The molecule has 0 saturated carbocycles. The first kappa shape index (κ1) is 15.7. The molecule has 0 saturated heterocycles. The molecule has 0 aliphatic carbocycles. The zero-order valence-corrected chi connectivity index (χ0v) is 4.83. The fourth-order valence-electron chi connectivity index (χ4n) is 0. The van der Waals surface area contributed by atoms with Gasteiger partial charge in [-0.2, -0.15) is 0 Å². The van der Waals surface area contributed by atoms with Gasteiger partial charge in [-0.1, -0.05) is 0 Å². The van der Waals surface area contributed by atoms with Crippen molar-refractivity contribution in [3.05, 3.63) is 0 Å². The Labute approximate surface area is 53.7 Å². The summed E-state index contributed by atoms with van der Waals surface area (Å²) in [5, 5.41) is 16.5. The Bertz CT molecular complexity index is 77.1. The number of carboxylic acid groups (broad SMARTS) is 2. The number of carbonyl (C=O) groups excluding carboxylic acids is 2. The van der Waals surface area contributed by atoms with Crippen molar-refractivity contribution in [2.45, 2.75) is 0 Å². The van der Waals surface area contributed by atoms with Crippen molar-refractivity contribution < 1.29 is 28.2 Å². The van der Waals surface area contributed by atoms with Crippen LogP contribution in [0.5, 0.6) is 0 Å². The van der Waals surface area contributed by atoms with Crippen LogP contribution in [0.25, 0.3) is 0 Å². The molecule has 0 aliphatic heterocycles. The fraction of sp³-hybridized carbons (Fsp3) is 0. The average molecular weight is 154 g/mol. The molecule has 0 unspecified atom stereocenters. The minimum absolute atomic E-state index is 0.500. The molecule has 7 heteroatoms. The zero-order valence-electron chi connectivity index (χ0n) is 4.01. The molecule has 0 bridgehead atoms. The van der Waals surface area contributed by atoms with Crippen LogP contribution < -0.4 is 10.2 Å². The third-order valence-electron chi connectivity index (χ3n) is 0. The minimum atomic E-state index is -0.750. The summed E-state index contributed by atoms with van der Waals surface area (Å²) in [5.74, 6) is 0. The fourth-order valence-corrected chi connectivity index (χ4v) is 0. The van der Waals surface area contributed by atoms with E-state index in [9.17, 15) is 0 Å². The van der Waals surface area contributed by atoms with Gasteiger partial charge in [0.2, 0.25) is 0 Å². The Hall–Kier alpha value is -1.11. The second-order valence-electron chi connectivity index (χ2n) is 0.260. The summed E-state index contributed by atoms with van der Waals surface area (Å²) >= 11 is -0.750. The Balaban J connectivity index is -0.0000000600. The van der Waals surface area contributed by atoms with Gasteiger partial charge in [-0.3, -0.25) is 0 Å². The first-order valence-electron chi connectivity index (χ1n) is 1.28. The van der Waals surface area contributed by atoms with Crippen LogP contribution in [0.15, 0.2) is 0 Å². The van der Waals surface area contributed by atoms with Gasteiger partial charge < -0.3 is 19.8 Å². The van der Waals surface area contributed by atoms with Crippen molar-refractivity contribution in [3.8, 4) is 0 Å². The van der Waals surface area contributed by atoms with Gasteiger partial charge in [0, 0.05) is 12.9 Å². The summed E-state index contributed by atoms with van der Waals surface area (Å²) in [6.07, 6.45) is 0. The number of hydrogen-bond donors (Lipinski definition) is 0. The van der Waals surface area contributed by atoms with E-state index >= 15 is 0 Å². The quantitative estimate of drug-likeness (QED) is 0.334. The molecule has 52 valence electrons. The van der Waals surface area contributed by atoms with E-state index in [0.29, 0.717) is 0 Å². The van der Waals surface area contributed by atoms with Crippen LogP contribution in [0.4, 0.5) is 0 Å². The van der Waals surface area contributed by atoms with Crippen LogP contribution in [-0.2, 0) is 29.6 Å². The molecule has 9 heavy (non-hydrogen) atoms. The normalized spacial score (nSPS) is 3.56. The summed E-state index contributed by atoms with van der Waals surface area (Å²) < 4.78 is 16.6. The van der Waals surface area contributed by atoms with E-state index < -0.39 is 24.5 Å². The Kier molecular flexibility index (Phi) is 116. The molecule has 0 atom stereocenters. The SMILES string of the molecule is O=C[O-].O=C[O-].O=[S+2]=O. The van der Waals surface area contributed by atoms with Gasteiger partial charge in [0.05, 0.1) is 0 Å². The van der Waals surface area contributed by atoms with Crippen molar-refractivity contribution >= 4 is 24.5 Å². The maximum atomic E-state index is 8.29. The van der Waals surface area contributed by atoms with Crippen LogP contribution in [-0.4, -0.2) is 12.9 Å². The van der Waals surface area contributed by atoms with E-state index in [1.165, 1.54) is 0 Å². The molecule has 0 amide bonds. The molecule has 0 aromatic rings. The molecule has 0 rings (SSSR count). The standard InChI is InChI=1S/2CH2O2.O2S/c2*2-1-3;1-3-2/h2*1H,(H,2,3);/q;;+2/p-2. The van der Waals surface area contributed by atoms with Crippen molar-refractivity contribution in [1.82, 2.24) is 0 Å². The molecule has 0 N–H and O–H groups in total. The Morgan fingerprint density at radius 3 is 1.00 bits per heavy atom. The van der Waals surface area contributed by atoms with E-state index in [-0.39, 0.29) is 0 Å². The monoisotopic (exact) mass is 154 g/mol. The summed E-state index contributed by atoms with van der Waals surface area (Å²) in [4.78, 5) is 16.5. The van der Waals surface area contributed by atoms with Gasteiger partial charge >= 0.3 is 20.0 Å². The predicted octanol–water partition coefficient (Wildman–Crippen LogP) is -3.51. The van der Waals surface area contributed by atoms with Crippen LogP contribution in [0.3, 0.4) is 0 Å². The molecular formula is C2H2O6S. The molecular weight excluding hydrogens is 152 g/mol. The van der Waals surface area contributed by atoms with Crippen LogP contribution in [0, 0.1) is 0 Å². The molecule has 0 heterocycles. The van der Waals surface area contributed by atoms with E-state index in [2.05, 4.69) is 0 Å². The van der Waals surface area contributed by atoms with Gasteiger partial charge in [-0.05, 0) is 0 Å². The molecule has 0 aromatic carbocycles. The van der Waals surface area contributed by atoms with E-state index in [0.717, 1.165) is 0 Å². The molecule has 0 aliphatic rings. The second kappa shape index (κ2) is 66.9. The molecule has 6 nitrogen and oxygen atoms in total. The molecule has 0 spiro atoms. The van der Waals surface area contributed by atoms with Gasteiger partial charge in [0.1, 0.15) is 0 Å². The summed E-state index contributed by atoms with van der Waals surface area (Å²) in [5.41, 5.74) is 0. The molecule has 0 fully saturated rings. The number of carbonyl (C=O) groups is 2. The third kappa shape index (κ3) is 134. The Morgan fingerprint density at radius 1 is 1.00 bits per heavy atom. The summed E-state index contributed by atoms with van der Waals surface area (Å²) in [7, 11) is 0. The first-order chi connectivity index (χ1) is 4.24. The van der Waals surface area contributed by atoms with Gasteiger partial charge in [-0.15, -0.1) is 0 Å². The number of hydrogen-bond acceptors (Lipinski definition) is 6. The van der Waals surface area contributed by atoms with Crippen molar-refractivity contribution in [1.29, 1.82) is 0 Å². The van der Waals surface area contributed by atoms with E-state index in [4.69, 9.17) is 28.2 Å². The molecule has 0 radical (unpaired) electrons. The van der Waals surface area contributed by atoms with Crippen molar-refractivity contribution in [2.75, 3.05) is 0 Å². The van der Waals surface area contributed by atoms with E-state index in [1.807, 2.05) is 0 Å². The van der Waals surface area contributed by atoms with Gasteiger partial charge in [0.15, 0.2) is 0 Å². The number of rotatable bonds is 0. The maximum absolute atomic E-state index is 8.29. The van der Waals surface area contributed by atoms with Gasteiger partial charge in [-0.25, -0.2) is 0 Å². The van der Waals surface area contributed by atoms with Gasteiger partial charge in [0.25, 0.3) is 0 Å². The molecule has 0 aromatic heterocycles. The third-order valence-corrected chi connectivity index (χ3v) is 0. The topological polar surface area (TPSA) is 114 Å². The second-order valence-corrected chi connectivity index (χ2v) is 0.397. The zero-order chi connectivity index (χ0) is 8.12. The first-order valence-corrected chi connectivity index (χ1v) is 1.94. The van der Waals surface area contributed by atoms with Crippen LogP contribution in [0.1, 0.15) is 0 Å². The van der Waals surface area contributed by atoms with Crippen LogP contribution in [0.2, 0.25) is 0 Å². The summed E-state index contributed by atoms with van der Waals surface area (Å²) in [6.45, 7) is -1.00. The Morgan fingerprint density at radius 2 is 1.00 bits per heavy atom. The van der Waals surface area contributed by atoms with Crippen molar-refractivity contribution in [2.24, 2.45) is 0 Å². The average Bonchev–Trinajstić information content (AvgIpc) is 1.70.